The number of thioether (sulfide) groups is 1. The molecule has 0 saturated carbocycles. The van der Waals surface area contributed by atoms with Crippen LogP contribution in [0.3, 0.4) is 0 Å². The number of benzene rings is 3. The predicted octanol–water partition coefficient (Wildman–Crippen LogP) is -3.29. The number of likely N-dealkylation sites (N-methyl/N-ethyl adjacent to an activating group) is 3. The second-order valence-electron chi connectivity index (χ2n) is 34.3. The second kappa shape index (κ2) is 50.7. The lowest BCUT2D eigenvalue weighted by atomic mass is 10.00. The van der Waals surface area contributed by atoms with Crippen LogP contribution in [0.25, 0.3) is 21.0 Å². The van der Waals surface area contributed by atoms with Crippen molar-refractivity contribution in [3.05, 3.63) is 101 Å². The Labute approximate surface area is 782 Å². The Balaban J connectivity index is 1.20. The fourth-order valence-electron chi connectivity index (χ4n) is 16.3. The SMILES string of the molecule is CCCC[C@H]1C(=O)N(C)[C@@H](CCCC)C(=O)N[C@@H](CCCNC(=N)N)C(=O)NC(C(=O)NCC(N)=O)CSCC(=O)N[C@@H](Cc2ccc(O)cc2)C(=O)N(C)[C@@H](C)C(=O)N[C@@H](CC(N)=O)C(=O)N2CCC[C@H]2C(=O)N[C@@H](CC(N)=O)C(=O)N[C@@H](CC(C)C)C(=O)N2C[C@H](O)C[C@H]2C(=O)N[C@@H](Cc2c[nH]c3ccccc23)C(=O)N[C@@H](CO)C(=O)N[C@@H](Cc2csc3ccccc23)C(=O)N1C. The molecule has 0 aliphatic carbocycles. The number of thiophene rings is 1. The summed E-state index contributed by atoms with van der Waals surface area (Å²) in [6.45, 7) is 5.73. The summed E-state index contributed by atoms with van der Waals surface area (Å²) >= 11 is 2.09. The Hall–Kier alpha value is -13.0. The van der Waals surface area contributed by atoms with E-state index in [0.717, 1.165) is 41.0 Å². The fraction of sp³-hybridized carbons (Fsp3) is 0.539. The zero-order chi connectivity index (χ0) is 98.5. The number of nitrogens with two attached hydrogens (primary N) is 4. The quantitative estimate of drug-likeness (QED) is 0.0147. The number of H-pyrrole nitrogens is 1. The number of nitrogens with zero attached hydrogens (tertiary/aromatic N) is 5. The van der Waals surface area contributed by atoms with E-state index < -0.39 is 259 Å². The van der Waals surface area contributed by atoms with Crippen molar-refractivity contribution in [2.24, 2.45) is 28.9 Å². The summed E-state index contributed by atoms with van der Waals surface area (Å²) in [5.74, 6) is -20.0. The highest BCUT2D eigenvalue weighted by molar-refractivity contribution is 8.00. The summed E-state index contributed by atoms with van der Waals surface area (Å²) in [7, 11) is 3.87. The minimum atomic E-state index is -1.90. The molecule has 45 heteroatoms. The van der Waals surface area contributed by atoms with E-state index in [9.17, 15) is 68.1 Å². The van der Waals surface area contributed by atoms with Crippen LogP contribution in [-0.4, -0.2) is 313 Å². The van der Waals surface area contributed by atoms with Crippen LogP contribution in [0.1, 0.15) is 141 Å². The van der Waals surface area contributed by atoms with Crippen molar-refractivity contribution < 1.29 is 102 Å². The molecule has 134 heavy (non-hydrogen) atoms. The number of hydrogen-bond acceptors (Lipinski definition) is 24. The van der Waals surface area contributed by atoms with Crippen molar-refractivity contribution in [2.75, 3.05) is 65.4 Å². The number of unbranched alkanes of at least 4 members (excludes halogenated alkanes) is 2. The van der Waals surface area contributed by atoms with Gasteiger partial charge in [0.2, 0.25) is 106 Å². The minimum Gasteiger partial charge on any atom is -0.508 e. The van der Waals surface area contributed by atoms with Crippen molar-refractivity contribution >= 4 is 156 Å². The number of carbonyl (C=O) groups excluding carboxylic acids is 18. The average molecular weight is 1900 g/mol. The van der Waals surface area contributed by atoms with Gasteiger partial charge in [0.15, 0.2) is 5.96 Å². The number of para-hydroxylation sites is 1. The van der Waals surface area contributed by atoms with E-state index in [1.807, 2.05) is 19.9 Å². The number of aliphatic hydroxyl groups is 2. The molecular weight excluding hydrogens is 1780 g/mol. The number of primary amides is 3. The zero-order valence-electron chi connectivity index (χ0n) is 76.3. The van der Waals surface area contributed by atoms with Gasteiger partial charge in [-0.15, -0.1) is 23.1 Å². The lowest BCUT2D eigenvalue weighted by Crippen LogP contribution is -2.62. The minimum absolute atomic E-state index is 0.0137. The van der Waals surface area contributed by atoms with Crippen LogP contribution in [0, 0.1) is 11.3 Å². The van der Waals surface area contributed by atoms with Crippen LogP contribution < -0.4 is 81.4 Å². The van der Waals surface area contributed by atoms with Crippen LogP contribution in [0.15, 0.2) is 84.4 Å². The van der Waals surface area contributed by atoms with Crippen molar-refractivity contribution in [1.82, 2.24) is 88.0 Å². The lowest BCUT2D eigenvalue weighted by molar-refractivity contribution is -0.149. The number of phenolic OH excluding ortho intramolecular Hbond substituents is 1. The van der Waals surface area contributed by atoms with Crippen molar-refractivity contribution in [3.8, 4) is 5.75 Å². The normalized spacial score (nSPS) is 24.8. The van der Waals surface area contributed by atoms with Gasteiger partial charge in [0.1, 0.15) is 90.3 Å². The number of nitrogens with one attached hydrogen (secondary N) is 13. The molecule has 5 aromatic rings. The van der Waals surface area contributed by atoms with E-state index in [-0.39, 0.29) is 83.0 Å². The number of rotatable bonds is 26. The third kappa shape index (κ3) is 30.0. The first-order valence-electron chi connectivity index (χ1n) is 44.6. The van der Waals surface area contributed by atoms with Gasteiger partial charge in [0.05, 0.1) is 37.9 Å². The van der Waals surface area contributed by atoms with Gasteiger partial charge in [-0.3, -0.25) is 91.7 Å². The number of phenols is 1. The number of amides is 18. The van der Waals surface area contributed by atoms with Crippen molar-refractivity contribution in [3.63, 3.8) is 0 Å². The molecule has 0 radical (unpaired) electrons. The van der Waals surface area contributed by atoms with Gasteiger partial charge in [-0.05, 0) is 110 Å². The summed E-state index contributed by atoms with van der Waals surface area (Å²) in [4.78, 5) is 270. The Bertz CT molecular complexity index is 5070. The molecule has 2 aromatic heterocycles. The first-order valence-corrected chi connectivity index (χ1v) is 46.7. The molecule has 3 saturated heterocycles. The van der Waals surface area contributed by atoms with E-state index >= 15 is 33.6 Å². The van der Waals surface area contributed by atoms with Gasteiger partial charge < -0.3 is 126 Å². The maximum Gasteiger partial charge on any atom is 0.246 e. The molecule has 8 rings (SSSR count). The fourth-order valence-corrected chi connectivity index (χ4v) is 18.1. The van der Waals surface area contributed by atoms with Gasteiger partial charge >= 0.3 is 0 Å². The first kappa shape index (κ1) is 106. The molecule has 15 atom stereocenters. The number of carbonyl (C=O) groups is 18. The van der Waals surface area contributed by atoms with Crippen LogP contribution in [-0.2, 0) is 106 Å². The molecule has 3 aliphatic rings. The Morgan fingerprint density at radius 3 is 1.75 bits per heavy atom. The first-order chi connectivity index (χ1) is 63.6. The van der Waals surface area contributed by atoms with Gasteiger partial charge in [0, 0.05) is 94.0 Å². The molecule has 0 spiro atoms. The predicted molar refractivity (Wildman–Crippen MR) is 495 cm³/mol. The highest BCUT2D eigenvalue weighted by atomic mass is 32.2. The molecule has 43 nitrogen and oxygen atoms in total. The molecule has 3 aliphatic heterocycles. The Morgan fingerprint density at radius 1 is 0.545 bits per heavy atom. The van der Waals surface area contributed by atoms with Crippen LogP contribution >= 0.6 is 23.1 Å². The van der Waals surface area contributed by atoms with Crippen molar-refractivity contribution in [1.29, 1.82) is 5.41 Å². The van der Waals surface area contributed by atoms with Crippen LogP contribution in [0.4, 0.5) is 0 Å². The third-order valence-corrected chi connectivity index (χ3v) is 25.7. The summed E-state index contributed by atoms with van der Waals surface area (Å²) < 4.78 is 0.802. The largest absolute Gasteiger partial charge is 0.508 e. The number of fused-ring (bicyclic) bond motifs is 4. The highest BCUT2D eigenvalue weighted by Crippen LogP contribution is 2.30. The maximum absolute atomic E-state index is 15.7. The van der Waals surface area contributed by atoms with E-state index in [0.29, 0.717) is 58.7 Å². The summed E-state index contributed by atoms with van der Waals surface area (Å²) in [6.07, 6.45) is -1.64. The lowest BCUT2D eigenvalue weighted by Gasteiger charge is -2.36. The van der Waals surface area contributed by atoms with Gasteiger partial charge in [-0.1, -0.05) is 102 Å². The van der Waals surface area contributed by atoms with Gasteiger partial charge in [0.25, 0.3) is 0 Å². The molecule has 3 fully saturated rings. The van der Waals surface area contributed by atoms with E-state index in [1.54, 1.807) is 67.9 Å². The number of aliphatic hydroxyl groups excluding tert-OH is 2. The van der Waals surface area contributed by atoms with E-state index in [2.05, 4.69) is 63.5 Å². The number of aromatic nitrogens is 1. The molecule has 0 bridgehead atoms. The maximum atomic E-state index is 15.7. The molecule has 730 valence electrons. The average Bonchev–Trinajstić information content (AvgIpc) is 1.27. The van der Waals surface area contributed by atoms with Crippen molar-refractivity contribution in [2.45, 2.75) is 234 Å². The molecule has 24 N–H and O–H groups in total. The molecule has 18 amide bonds. The van der Waals surface area contributed by atoms with Crippen LogP contribution in [0.5, 0.6) is 5.75 Å². The summed E-state index contributed by atoms with van der Waals surface area (Å²) in [5, 5.41) is 72.2. The van der Waals surface area contributed by atoms with E-state index in [1.165, 1.54) is 63.7 Å². The second-order valence-corrected chi connectivity index (χ2v) is 36.2. The highest BCUT2D eigenvalue weighted by Gasteiger charge is 2.47. The number of hydrogen-bond donors (Lipinski definition) is 20. The molecule has 5 heterocycles. The summed E-state index contributed by atoms with van der Waals surface area (Å²) in [6, 6.07) is -2.91. The Morgan fingerprint density at radius 2 is 1.10 bits per heavy atom. The van der Waals surface area contributed by atoms with Gasteiger partial charge in [-0.2, -0.15) is 0 Å². The topological polar surface area (TPSA) is 660 Å². The monoisotopic (exact) mass is 1900 g/mol. The smallest absolute Gasteiger partial charge is 0.246 e. The van der Waals surface area contributed by atoms with Crippen LogP contribution in [0.2, 0.25) is 0 Å². The number of aromatic hydroxyl groups is 1. The Kier molecular flexibility index (Phi) is 40.2. The number of guanidine groups is 1. The zero-order valence-corrected chi connectivity index (χ0v) is 78.0. The number of aromatic amines is 1. The summed E-state index contributed by atoms with van der Waals surface area (Å²) in [5.41, 5.74) is 24.4. The molecule has 1 unspecified atom stereocenters. The van der Waals surface area contributed by atoms with E-state index in [4.69, 9.17) is 28.3 Å². The van der Waals surface area contributed by atoms with Gasteiger partial charge in [-0.25, -0.2) is 0 Å². The third-order valence-electron chi connectivity index (χ3n) is 23.6. The molecule has 3 aromatic carbocycles. The standard InChI is InChI=1S/C89H126N22O21S2/c1-9-11-23-66-81(125)99-57(22-17-31-95-89(93)94)77(121)106-65(76(120)97-41-73(92)117)45-133-46-74(118)98-61(34-49-27-29-52(113)30-28-49)84(128)107(6)48(5)75(119)102-63(39-72(91)116)86(130)110-32-18-25-67(110)82(126)101-59(38-71(90)115)79(123)103-60(33-47(3)4)87(131)111-42-53(114)37-69(111)83(127)100-58(35-50-40-96-56-21-15-13-19-54(50)56)78(122)105-64(43-112)80(124)104-62(36-51-44-134-70-26-16-14-20-55(51)70)85(129)109(8)68(24-12-10-2)88(132)108(66)7/h13-16,19-21,26-30,40,44,47-48,53,57-69,96,112-114H,9-12,17-18,22-25,31-39,41-43,45-46H2,1-8H3,(H2,90,115)(H2,91,116)(H2,92,117)(H,97,120)(H,98,118)(H,99,125)(H,100,127)(H,101,126)(H,102,119)(H,103,123)(H,104,124)(H,105,122)(H,106,121)(H4,93,94,95)/t48-,53+,57-,58-,59-,60-,61-,62-,63-,64-,65?,66-,67-,68-,69-/m0/s1. The molecular formula is C89H126N22O21S2.